The van der Waals surface area contributed by atoms with Crippen LogP contribution in [0.2, 0.25) is 0 Å². The number of H-pyrrole nitrogens is 1. The summed E-state index contributed by atoms with van der Waals surface area (Å²) in [5.74, 6) is 0.556. The normalized spacial score (nSPS) is 11.1. The fourth-order valence-corrected chi connectivity index (χ4v) is 3.84. The Labute approximate surface area is 124 Å². The number of rotatable bonds is 4. The first-order valence-corrected chi connectivity index (χ1v) is 8.11. The van der Waals surface area contributed by atoms with Gasteiger partial charge in [-0.1, -0.05) is 6.07 Å². The second kappa shape index (κ2) is 5.38. The quantitative estimate of drug-likeness (QED) is 0.777. The first-order chi connectivity index (χ1) is 9.65. The third-order valence-electron chi connectivity index (χ3n) is 3.28. The third kappa shape index (κ3) is 2.48. The van der Waals surface area contributed by atoms with E-state index in [0.29, 0.717) is 5.95 Å². The number of aromatic amines is 1. The van der Waals surface area contributed by atoms with Crippen LogP contribution in [-0.4, -0.2) is 16.5 Å². The number of hydrogen-bond acceptors (Lipinski definition) is 5. The number of nitrogens with one attached hydrogen (secondary N) is 2. The van der Waals surface area contributed by atoms with E-state index >= 15 is 0 Å². The van der Waals surface area contributed by atoms with Gasteiger partial charge in [-0.15, -0.1) is 22.7 Å². The molecule has 0 aliphatic heterocycles. The van der Waals surface area contributed by atoms with Gasteiger partial charge in [-0.2, -0.15) is 0 Å². The molecule has 2 N–H and O–H groups in total. The standard InChI is InChI=1S/C14H15N3OS2/c1-8-9(2)20-13-11(8)12(18)16-14(17-13)15-6-5-10-4-3-7-19-10/h3-4,7H,5-6H2,1-2H3,(H2,15,16,17,18). The number of thiophene rings is 2. The molecule has 0 aromatic carbocycles. The van der Waals surface area contributed by atoms with Crippen LogP contribution >= 0.6 is 22.7 Å². The van der Waals surface area contributed by atoms with Crippen LogP contribution in [0.25, 0.3) is 10.2 Å². The SMILES string of the molecule is Cc1sc2nc(NCCc3cccs3)[nH]c(=O)c2c1C. The molecule has 3 rings (SSSR count). The minimum atomic E-state index is -0.0597. The molecule has 0 saturated heterocycles. The van der Waals surface area contributed by atoms with Gasteiger partial charge in [-0.05, 0) is 37.3 Å². The summed E-state index contributed by atoms with van der Waals surface area (Å²) < 4.78 is 0. The Balaban J connectivity index is 1.80. The van der Waals surface area contributed by atoms with E-state index in [1.54, 1.807) is 22.7 Å². The summed E-state index contributed by atoms with van der Waals surface area (Å²) in [5.41, 5.74) is 0.972. The number of nitrogens with zero attached hydrogens (tertiary/aromatic N) is 1. The van der Waals surface area contributed by atoms with Gasteiger partial charge in [-0.25, -0.2) is 4.98 Å². The molecule has 6 heteroatoms. The number of anilines is 1. The van der Waals surface area contributed by atoms with E-state index in [4.69, 9.17) is 0 Å². The van der Waals surface area contributed by atoms with Crippen LogP contribution in [0.4, 0.5) is 5.95 Å². The van der Waals surface area contributed by atoms with Gasteiger partial charge in [0.15, 0.2) is 0 Å². The van der Waals surface area contributed by atoms with Crippen molar-refractivity contribution in [3.8, 4) is 0 Å². The molecule has 0 aliphatic rings. The van der Waals surface area contributed by atoms with Crippen LogP contribution in [-0.2, 0) is 6.42 Å². The van der Waals surface area contributed by atoms with Crippen molar-refractivity contribution in [3.05, 3.63) is 43.2 Å². The summed E-state index contributed by atoms with van der Waals surface area (Å²) in [7, 11) is 0. The van der Waals surface area contributed by atoms with Crippen LogP contribution in [0, 0.1) is 13.8 Å². The topological polar surface area (TPSA) is 57.8 Å². The molecule has 3 aromatic heterocycles. The van der Waals surface area contributed by atoms with Crippen LogP contribution in [0.1, 0.15) is 15.3 Å². The minimum absolute atomic E-state index is 0.0597. The molecule has 3 aromatic rings. The molecule has 0 spiro atoms. The molecule has 0 amide bonds. The molecule has 20 heavy (non-hydrogen) atoms. The maximum absolute atomic E-state index is 12.1. The molecule has 104 valence electrons. The summed E-state index contributed by atoms with van der Waals surface area (Å²) in [4.78, 5) is 22.7. The van der Waals surface area contributed by atoms with Crippen LogP contribution in [0.15, 0.2) is 22.3 Å². The highest BCUT2D eigenvalue weighted by Gasteiger charge is 2.11. The largest absolute Gasteiger partial charge is 0.355 e. The van der Waals surface area contributed by atoms with Crippen LogP contribution < -0.4 is 10.9 Å². The fraction of sp³-hybridized carbons (Fsp3) is 0.286. The molecule has 0 aliphatic carbocycles. The predicted molar refractivity (Wildman–Crippen MR) is 86.2 cm³/mol. The third-order valence-corrected chi connectivity index (χ3v) is 5.32. The van der Waals surface area contributed by atoms with E-state index in [1.165, 1.54) is 4.88 Å². The van der Waals surface area contributed by atoms with E-state index < -0.39 is 0 Å². The average molecular weight is 305 g/mol. The maximum atomic E-state index is 12.1. The average Bonchev–Trinajstić information content (AvgIpc) is 2.99. The zero-order valence-corrected chi connectivity index (χ0v) is 13.0. The van der Waals surface area contributed by atoms with Gasteiger partial charge in [0.1, 0.15) is 4.83 Å². The maximum Gasteiger partial charge on any atom is 0.261 e. The monoisotopic (exact) mass is 305 g/mol. The van der Waals surface area contributed by atoms with Gasteiger partial charge < -0.3 is 5.32 Å². The molecule has 0 unspecified atom stereocenters. The highest BCUT2D eigenvalue weighted by atomic mass is 32.1. The summed E-state index contributed by atoms with van der Waals surface area (Å²) in [5, 5.41) is 5.98. The lowest BCUT2D eigenvalue weighted by atomic mass is 10.2. The van der Waals surface area contributed by atoms with Gasteiger partial charge in [-0.3, -0.25) is 9.78 Å². The Morgan fingerprint density at radius 3 is 3.00 bits per heavy atom. The van der Waals surface area contributed by atoms with Gasteiger partial charge in [0, 0.05) is 16.3 Å². The zero-order chi connectivity index (χ0) is 14.1. The Morgan fingerprint density at radius 1 is 1.40 bits per heavy atom. The van der Waals surface area contributed by atoms with Crippen molar-refractivity contribution in [2.45, 2.75) is 20.3 Å². The number of fused-ring (bicyclic) bond motifs is 1. The van der Waals surface area contributed by atoms with Gasteiger partial charge in [0.2, 0.25) is 5.95 Å². The molecule has 4 nitrogen and oxygen atoms in total. The Kier molecular flexibility index (Phi) is 3.58. The van der Waals surface area contributed by atoms with Crippen molar-refractivity contribution in [2.75, 3.05) is 11.9 Å². The molecule has 0 atom stereocenters. The second-order valence-corrected chi connectivity index (χ2v) is 6.87. The lowest BCUT2D eigenvalue weighted by molar-refractivity contribution is 1.00. The van der Waals surface area contributed by atoms with E-state index in [-0.39, 0.29) is 5.56 Å². The summed E-state index contributed by atoms with van der Waals surface area (Å²) >= 11 is 3.31. The first-order valence-electron chi connectivity index (χ1n) is 6.41. The lowest BCUT2D eigenvalue weighted by Crippen LogP contribution is -2.14. The molecule has 0 bridgehead atoms. The van der Waals surface area contributed by atoms with E-state index in [9.17, 15) is 4.79 Å². The molecule has 3 heterocycles. The van der Waals surface area contributed by atoms with Crippen molar-refractivity contribution in [1.82, 2.24) is 9.97 Å². The van der Waals surface area contributed by atoms with E-state index in [2.05, 4.69) is 26.7 Å². The van der Waals surface area contributed by atoms with Crippen molar-refractivity contribution in [3.63, 3.8) is 0 Å². The van der Waals surface area contributed by atoms with Gasteiger partial charge in [0.25, 0.3) is 5.56 Å². The van der Waals surface area contributed by atoms with Gasteiger partial charge >= 0.3 is 0 Å². The predicted octanol–water partition coefficient (Wildman–Crippen LogP) is 3.32. The van der Waals surface area contributed by atoms with E-state index in [0.717, 1.165) is 33.6 Å². The number of aryl methyl sites for hydroxylation is 2. The van der Waals surface area contributed by atoms with Crippen molar-refractivity contribution in [1.29, 1.82) is 0 Å². The Hall–Kier alpha value is -1.66. The summed E-state index contributed by atoms with van der Waals surface area (Å²) in [6.07, 6.45) is 0.932. The summed E-state index contributed by atoms with van der Waals surface area (Å²) in [6.45, 7) is 4.75. The van der Waals surface area contributed by atoms with Crippen LogP contribution in [0.3, 0.4) is 0 Å². The molecular weight excluding hydrogens is 290 g/mol. The second-order valence-electron chi connectivity index (χ2n) is 4.63. The zero-order valence-electron chi connectivity index (χ0n) is 11.3. The van der Waals surface area contributed by atoms with Crippen LogP contribution in [0.5, 0.6) is 0 Å². The van der Waals surface area contributed by atoms with E-state index in [1.807, 2.05) is 19.9 Å². The number of aromatic nitrogens is 2. The molecule has 0 fully saturated rings. The fourth-order valence-electron chi connectivity index (χ4n) is 2.10. The van der Waals surface area contributed by atoms with Crippen molar-refractivity contribution in [2.24, 2.45) is 0 Å². The molecule has 0 radical (unpaired) electrons. The number of hydrogen-bond donors (Lipinski definition) is 2. The van der Waals surface area contributed by atoms with Crippen molar-refractivity contribution < 1.29 is 0 Å². The minimum Gasteiger partial charge on any atom is -0.355 e. The lowest BCUT2D eigenvalue weighted by Gasteiger charge is -2.04. The highest BCUT2D eigenvalue weighted by Crippen LogP contribution is 2.26. The molecule has 0 saturated carbocycles. The van der Waals surface area contributed by atoms with Gasteiger partial charge in [0.05, 0.1) is 5.39 Å². The highest BCUT2D eigenvalue weighted by molar-refractivity contribution is 7.18. The molecular formula is C14H15N3OS2. The Morgan fingerprint density at radius 2 is 2.25 bits per heavy atom. The summed E-state index contributed by atoms with van der Waals surface area (Å²) in [6, 6.07) is 4.15. The first kappa shape index (κ1) is 13.3. The smallest absolute Gasteiger partial charge is 0.261 e. The van der Waals surface area contributed by atoms with Crippen molar-refractivity contribution >= 4 is 38.8 Å². The Bertz CT molecular complexity index is 787.